The molecule has 1 aromatic carbocycles. The zero-order chi connectivity index (χ0) is 14.7. The lowest BCUT2D eigenvalue weighted by Gasteiger charge is -2.08. The summed E-state index contributed by atoms with van der Waals surface area (Å²) in [5.74, 6) is -1.64. The molecule has 104 valence electrons. The maximum atomic E-state index is 13.4. The number of rotatable bonds is 3. The van der Waals surface area contributed by atoms with Gasteiger partial charge in [0, 0.05) is 24.0 Å². The third kappa shape index (κ3) is 3.30. The van der Waals surface area contributed by atoms with E-state index in [1.165, 1.54) is 6.20 Å². The van der Waals surface area contributed by atoms with Gasteiger partial charge in [0.25, 0.3) is 5.91 Å². The molecule has 0 fully saturated rings. The van der Waals surface area contributed by atoms with Crippen LogP contribution in [-0.2, 0) is 6.54 Å². The molecule has 0 unspecified atom stereocenters. The summed E-state index contributed by atoms with van der Waals surface area (Å²) in [5, 5.41) is 2.73. The number of nitrogens with zero attached hydrogens (tertiary/aromatic N) is 1. The Balaban J connectivity index is 2.10. The number of carbonyl (C=O) groups excluding carboxylic acids is 1. The number of amides is 1. The van der Waals surface area contributed by atoms with Crippen LogP contribution in [0.1, 0.15) is 21.6 Å². The zero-order valence-corrected chi connectivity index (χ0v) is 11.3. The predicted octanol–water partition coefficient (Wildman–Crippen LogP) is 3.25. The van der Waals surface area contributed by atoms with Crippen LogP contribution >= 0.6 is 11.6 Å². The largest absolute Gasteiger partial charge is 0.348 e. The average molecular weight is 297 g/mol. The molecule has 0 saturated heterocycles. The molecule has 0 atom stereocenters. The molecular weight excluding hydrogens is 286 g/mol. The van der Waals surface area contributed by atoms with Crippen LogP contribution in [0.3, 0.4) is 0 Å². The molecule has 2 rings (SSSR count). The van der Waals surface area contributed by atoms with E-state index in [0.717, 1.165) is 18.2 Å². The van der Waals surface area contributed by atoms with Gasteiger partial charge in [-0.25, -0.2) is 8.78 Å². The van der Waals surface area contributed by atoms with Crippen LogP contribution in [0.2, 0.25) is 5.02 Å². The molecule has 0 aliphatic rings. The molecule has 2 aromatic rings. The average Bonchev–Trinajstić information content (AvgIpc) is 2.39. The molecule has 0 bridgehead atoms. The minimum atomic E-state index is -0.583. The summed E-state index contributed by atoms with van der Waals surface area (Å²) in [6, 6.07) is 4.61. The topological polar surface area (TPSA) is 42.0 Å². The van der Waals surface area contributed by atoms with Crippen molar-refractivity contribution in [3.8, 4) is 0 Å². The summed E-state index contributed by atoms with van der Waals surface area (Å²) in [6.07, 6.45) is 1.34. The Morgan fingerprint density at radius 2 is 2.10 bits per heavy atom. The van der Waals surface area contributed by atoms with E-state index in [1.807, 2.05) is 0 Å². The van der Waals surface area contributed by atoms with Crippen LogP contribution in [0, 0.1) is 18.6 Å². The molecule has 1 amide bonds. The summed E-state index contributed by atoms with van der Waals surface area (Å²) < 4.78 is 26.4. The quantitative estimate of drug-likeness (QED) is 0.944. The molecule has 1 aromatic heterocycles. The number of aromatic nitrogens is 1. The number of hydrogen-bond acceptors (Lipinski definition) is 2. The lowest BCUT2D eigenvalue weighted by atomic mass is 10.2. The van der Waals surface area contributed by atoms with Crippen molar-refractivity contribution in [2.24, 2.45) is 0 Å². The van der Waals surface area contributed by atoms with Crippen LogP contribution in [-0.4, -0.2) is 10.9 Å². The molecule has 0 saturated carbocycles. The summed E-state index contributed by atoms with van der Waals surface area (Å²) in [5.41, 5.74) is 0.936. The standard InChI is InChI=1S/C14H11ClF2N2O/c1-8-4-12(15)11(7-18-8)14(20)19-6-9-5-10(16)2-3-13(9)17/h2-5,7H,6H2,1H3,(H,19,20). The molecule has 0 aliphatic heterocycles. The third-order valence-corrected chi connectivity index (χ3v) is 2.99. The normalized spacial score (nSPS) is 10.4. The van der Waals surface area contributed by atoms with Gasteiger partial charge >= 0.3 is 0 Å². The van der Waals surface area contributed by atoms with Gasteiger partial charge in [-0.2, -0.15) is 0 Å². The maximum absolute atomic E-state index is 13.4. The number of pyridine rings is 1. The first kappa shape index (κ1) is 14.4. The third-order valence-electron chi connectivity index (χ3n) is 2.68. The Kier molecular flexibility index (Phi) is 4.29. The molecule has 1 heterocycles. The summed E-state index contributed by atoms with van der Waals surface area (Å²) in [7, 11) is 0. The smallest absolute Gasteiger partial charge is 0.254 e. The van der Waals surface area contributed by atoms with Crippen molar-refractivity contribution in [3.05, 3.63) is 63.9 Å². The Morgan fingerprint density at radius 3 is 2.80 bits per heavy atom. The highest BCUT2D eigenvalue weighted by Gasteiger charge is 2.12. The second-order valence-corrected chi connectivity index (χ2v) is 4.63. The van der Waals surface area contributed by atoms with Gasteiger partial charge < -0.3 is 5.32 Å². The van der Waals surface area contributed by atoms with E-state index in [4.69, 9.17) is 11.6 Å². The van der Waals surface area contributed by atoms with E-state index in [0.29, 0.717) is 5.69 Å². The lowest BCUT2D eigenvalue weighted by Crippen LogP contribution is -2.24. The molecule has 6 heteroatoms. The summed E-state index contributed by atoms with van der Waals surface area (Å²) in [6.45, 7) is 1.61. The van der Waals surface area contributed by atoms with Gasteiger partial charge in [-0.3, -0.25) is 9.78 Å². The van der Waals surface area contributed by atoms with Crippen LogP contribution in [0.15, 0.2) is 30.5 Å². The second-order valence-electron chi connectivity index (χ2n) is 4.22. The Labute approximate surface area is 119 Å². The maximum Gasteiger partial charge on any atom is 0.254 e. The lowest BCUT2D eigenvalue weighted by molar-refractivity contribution is 0.0950. The highest BCUT2D eigenvalue weighted by molar-refractivity contribution is 6.33. The first-order valence-corrected chi connectivity index (χ1v) is 6.19. The Hall–Kier alpha value is -2.01. The molecular formula is C14H11ClF2N2O. The van der Waals surface area contributed by atoms with Gasteiger partial charge in [0.15, 0.2) is 0 Å². The van der Waals surface area contributed by atoms with E-state index in [1.54, 1.807) is 13.0 Å². The first-order valence-electron chi connectivity index (χ1n) is 5.81. The minimum Gasteiger partial charge on any atom is -0.348 e. The van der Waals surface area contributed by atoms with Crippen molar-refractivity contribution in [1.29, 1.82) is 0 Å². The Morgan fingerprint density at radius 1 is 1.35 bits per heavy atom. The van der Waals surface area contributed by atoms with Crippen molar-refractivity contribution < 1.29 is 13.6 Å². The minimum absolute atomic E-state index is 0.0644. The van der Waals surface area contributed by atoms with Gasteiger partial charge in [-0.15, -0.1) is 0 Å². The summed E-state index contributed by atoms with van der Waals surface area (Å²) in [4.78, 5) is 15.9. The van der Waals surface area contributed by atoms with Gasteiger partial charge in [0.2, 0.25) is 0 Å². The molecule has 3 nitrogen and oxygen atoms in total. The number of benzene rings is 1. The van der Waals surface area contributed by atoms with Crippen LogP contribution in [0.25, 0.3) is 0 Å². The highest BCUT2D eigenvalue weighted by atomic mass is 35.5. The van der Waals surface area contributed by atoms with E-state index >= 15 is 0 Å². The molecule has 0 spiro atoms. The fourth-order valence-electron chi connectivity index (χ4n) is 1.64. The fraction of sp³-hybridized carbons (Fsp3) is 0.143. The predicted molar refractivity (Wildman–Crippen MR) is 71.5 cm³/mol. The summed E-state index contributed by atoms with van der Waals surface area (Å²) >= 11 is 5.93. The second kappa shape index (κ2) is 5.96. The van der Waals surface area contributed by atoms with Crippen LogP contribution < -0.4 is 5.32 Å². The number of hydrogen-bond donors (Lipinski definition) is 1. The van der Waals surface area contributed by atoms with Crippen molar-refractivity contribution >= 4 is 17.5 Å². The number of halogens is 3. The van der Waals surface area contributed by atoms with Crippen molar-refractivity contribution in [3.63, 3.8) is 0 Å². The van der Waals surface area contributed by atoms with Gasteiger partial charge in [-0.05, 0) is 31.2 Å². The van der Waals surface area contributed by atoms with Crippen LogP contribution in [0.5, 0.6) is 0 Å². The number of carbonyl (C=O) groups is 1. The van der Waals surface area contributed by atoms with E-state index in [9.17, 15) is 13.6 Å². The van der Waals surface area contributed by atoms with Gasteiger partial charge in [0.05, 0.1) is 10.6 Å². The highest BCUT2D eigenvalue weighted by Crippen LogP contribution is 2.16. The van der Waals surface area contributed by atoms with Crippen LogP contribution in [0.4, 0.5) is 8.78 Å². The molecule has 1 N–H and O–H groups in total. The van der Waals surface area contributed by atoms with E-state index in [2.05, 4.69) is 10.3 Å². The number of aryl methyl sites for hydroxylation is 1. The van der Waals surface area contributed by atoms with Crippen molar-refractivity contribution in [2.45, 2.75) is 13.5 Å². The SMILES string of the molecule is Cc1cc(Cl)c(C(=O)NCc2cc(F)ccc2F)cn1. The first-order chi connectivity index (χ1) is 9.47. The monoisotopic (exact) mass is 296 g/mol. The number of nitrogens with one attached hydrogen (secondary N) is 1. The fourth-order valence-corrected chi connectivity index (χ4v) is 1.94. The molecule has 0 radical (unpaired) electrons. The van der Waals surface area contributed by atoms with E-state index in [-0.39, 0.29) is 22.7 Å². The Bertz CT molecular complexity index is 662. The van der Waals surface area contributed by atoms with Crippen molar-refractivity contribution in [2.75, 3.05) is 0 Å². The molecule has 0 aliphatic carbocycles. The van der Waals surface area contributed by atoms with Crippen molar-refractivity contribution in [1.82, 2.24) is 10.3 Å². The zero-order valence-electron chi connectivity index (χ0n) is 10.6. The van der Waals surface area contributed by atoms with Gasteiger partial charge in [-0.1, -0.05) is 11.6 Å². The molecule has 20 heavy (non-hydrogen) atoms. The van der Waals surface area contributed by atoms with E-state index < -0.39 is 17.5 Å². The van der Waals surface area contributed by atoms with Gasteiger partial charge in [0.1, 0.15) is 11.6 Å².